The summed E-state index contributed by atoms with van der Waals surface area (Å²) in [4.78, 5) is 8.56. The van der Waals surface area contributed by atoms with E-state index < -0.39 is 10.7 Å². The van der Waals surface area contributed by atoms with Crippen LogP contribution in [0.1, 0.15) is 6.92 Å². The Labute approximate surface area is 89.1 Å². The van der Waals surface area contributed by atoms with Crippen LogP contribution in [0.5, 0.6) is 0 Å². The summed E-state index contributed by atoms with van der Waals surface area (Å²) in [5.41, 5.74) is 0. The zero-order chi connectivity index (χ0) is 5.86. The van der Waals surface area contributed by atoms with Gasteiger partial charge in [-0.05, 0) is 6.92 Å². The topological polar surface area (TPSA) is 66.2 Å². The second-order valence-corrected chi connectivity index (χ2v) is 1.03. The standard InChI is InChI=1S/C3H5NO3.K/c1-3(5)2-4(6)7;/h2,5H,1H3;/q;+1/p-1. The Morgan fingerprint density at radius 2 is 2.12 bits per heavy atom. The van der Waals surface area contributed by atoms with Gasteiger partial charge in [0.15, 0.2) is 0 Å². The Morgan fingerprint density at radius 1 is 1.75 bits per heavy atom. The molecule has 0 aliphatic carbocycles. The van der Waals surface area contributed by atoms with Crippen molar-refractivity contribution in [1.82, 2.24) is 0 Å². The van der Waals surface area contributed by atoms with Crippen LogP contribution in [0.3, 0.4) is 0 Å². The Balaban J connectivity index is 0. The average Bonchev–Trinajstić information content (AvgIpc) is 1.27. The Bertz CT molecular complexity index is 107. The monoisotopic (exact) mass is 141 g/mol. The molecule has 0 atom stereocenters. The summed E-state index contributed by atoms with van der Waals surface area (Å²) >= 11 is 0. The molecule has 0 aromatic heterocycles. The van der Waals surface area contributed by atoms with E-state index in [4.69, 9.17) is 0 Å². The van der Waals surface area contributed by atoms with Crippen molar-refractivity contribution in [1.29, 1.82) is 0 Å². The number of allylic oxidation sites excluding steroid dienone is 1. The molecule has 0 saturated carbocycles. The first kappa shape index (κ1) is 11.4. The van der Waals surface area contributed by atoms with Gasteiger partial charge in [-0.1, -0.05) is 5.76 Å². The third kappa shape index (κ3) is 9.76. The molecule has 0 aromatic carbocycles. The molecule has 0 saturated heterocycles. The molecule has 5 heteroatoms. The summed E-state index contributed by atoms with van der Waals surface area (Å²) in [5, 5.41) is 19.1. The summed E-state index contributed by atoms with van der Waals surface area (Å²) in [5.74, 6) is -0.537. The third-order valence-corrected chi connectivity index (χ3v) is 0.287. The summed E-state index contributed by atoms with van der Waals surface area (Å²) < 4.78 is 0. The molecule has 0 aliphatic heterocycles. The van der Waals surface area contributed by atoms with Gasteiger partial charge < -0.3 is 5.11 Å². The molecule has 0 fully saturated rings. The van der Waals surface area contributed by atoms with Gasteiger partial charge in [-0.3, -0.25) is 10.1 Å². The largest absolute Gasteiger partial charge is 1.00 e. The Kier molecular flexibility index (Phi) is 8.12. The first-order chi connectivity index (χ1) is 3.13. The maximum absolute atomic E-state index is 9.76. The van der Waals surface area contributed by atoms with Crippen molar-refractivity contribution in [3.63, 3.8) is 0 Å². The van der Waals surface area contributed by atoms with Crippen molar-refractivity contribution >= 4 is 0 Å². The van der Waals surface area contributed by atoms with E-state index >= 15 is 0 Å². The van der Waals surface area contributed by atoms with Gasteiger partial charge in [-0.2, -0.15) is 0 Å². The van der Waals surface area contributed by atoms with Crippen LogP contribution in [-0.2, 0) is 0 Å². The van der Waals surface area contributed by atoms with Crippen LogP contribution in [-0.4, -0.2) is 4.92 Å². The molecule has 0 aliphatic rings. The van der Waals surface area contributed by atoms with Gasteiger partial charge in [0, 0.05) is 0 Å². The van der Waals surface area contributed by atoms with E-state index in [1.165, 1.54) is 0 Å². The van der Waals surface area contributed by atoms with Crippen molar-refractivity contribution in [2.24, 2.45) is 0 Å². The van der Waals surface area contributed by atoms with Crippen LogP contribution in [0.15, 0.2) is 12.0 Å². The predicted octanol–water partition coefficient (Wildman–Crippen LogP) is -3.51. The van der Waals surface area contributed by atoms with E-state index in [0.717, 1.165) is 6.92 Å². The van der Waals surface area contributed by atoms with Crippen LogP contribution < -0.4 is 56.5 Å². The molecule has 40 valence electrons. The van der Waals surface area contributed by atoms with Crippen LogP contribution in [0.25, 0.3) is 0 Å². The summed E-state index contributed by atoms with van der Waals surface area (Å²) in [6, 6.07) is 0. The maximum Gasteiger partial charge on any atom is 1.00 e. The average molecular weight is 141 g/mol. The Morgan fingerprint density at radius 3 is 2.12 bits per heavy atom. The van der Waals surface area contributed by atoms with Crippen LogP contribution >= 0.6 is 0 Å². The van der Waals surface area contributed by atoms with Crippen molar-refractivity contribution in [2.75, 3.05) is 0 Å². The zero-order valence-corrected chi connectivity index (χ0v) is 7.87. The fourth-order valence-corrected chi connectivity index (χ4v) is 0.148. The number of hydrogen-bond acceptors (Lipinski definition) is 3. The number of nitro groups is 1. The molecule has 0 heterocycles. The molecular weight excluding hydrogens is 137 g/mol. The fourth-order valence-electron chi connectivity index (χ4n) is 0.148. The Hall–Kier alpha value is 0.576. The van der Waals surface area contributed by atoms with Gasteiger partial charge in [0.1, 0.15) is 0 Å². The second-order valence-electron chi connectivity index (χ2n) is 1.03. The molecule has 0 unspecified atom stereocenters. The van der Waals surface area contributed by atoms with E-state index in [2.05, 4.69) is 0 Å². The number of rotatable bonds is 1. The molecule has 0 N–H and O–H groups in total. The van der Waals surface area contributed by atoms with Gasteiger partial charge in [0.25, 0.3) is 0 Å². The smallest absolute Gasteiger partial charge is 0.871 e. The minimum Gasteiger partial charge on any atom is -0.871 e. The van der Waals surface area contributed by atoms with Crippen LogP contribution in [0.2, 0.25) is 0 Å². The van der Waals surface area contributed by atoms with Gasteiger partial charge in [-0.15, -0.1) is 0 Å². The van der Waals surface area contributed by atoms with Gasteiger partial charge in [0.05, 0.1) is 4.92 Å². The van der Waals surface area contributed by atoms with Gasteiger partial charge in [0.2, 0.25) is 6.20 Å². The van der Waals surface area contributed by atoms with Crippen molar-refractivity contribution in [3.8, 4) is 0 Å². The molecule has 0 aromatic rings. The zero-order valence-electron chi connectivity index (χ0n) is 4.75. The number of hydrogen-bond donors (Lipinski definition) is 0. The molecule has 0 amide bonds. The second kappa shape index (κ2) is 5.71. The maximum atomic E-state index is 9.76. The first-order valence-corrected chi connectivity index (χ1v) is 1.62. The van der Waals surface area contributed by atoms with E-state index in [-0.39, 0.29) is 51.4 Å². The summed E-state index contributed by atoms with van der Waals surface area (Å²) in [6.45, 7) is 1.13. The number of nitrogens with zero attached hydrogens (tertiary/aromatic N) is 1. The predicted molar refractivity (Wildman–Crippen MR) is 20.8 cm³/mol. The quantitative estimate of drug-likeness (QED) is 0.165. The van der Waals surface area contributed by atoms with E-state index in [0.29, 0.717) is 6.20 Å². The van der Waals surface area contributed by atoms with Crippen molar-refractivity contribution in [3.05, 3.63) is 22.1 Å². The minimum atomic E-state index is -0.775. The molecule has 0 spiro atoms. The molecule has 4 nitrogen and oxygen atoms in total. The van der Waals surface area contributed by atoms with Crippen molar-refractivity contribution in [2.45, 2.75) is 6.92 Å². The molecule has 0 bridgehead atoms. The SMILES string of the molecule is CC([O-])=C[N+](=O)[O-].[K+]. The van der Waals surface area contributed by atoms with Crippen LogP contribution in [0, 0.1) is 10.1 Å². The van der Waals surface area contributed by atoms with Crippen molar-refractivity contribution < 1.29 is 61.4 Å². The molecule has 0 rings (SSSR count). The third-order valence-electron chi connectivity index (χ3n) is 0.287. The van der Waals surface area contributed by atoms with Gasteiger partial charge in [-0.25, -0.2) is 0 Å². The molecular formula is C3H4KNO3. The minimum absolute atomic E-state index is 0. The van der Waals surface area contributed by atoms with E-state index in [9.17, 15) is 15.2 Å². The summed E-state index contributed by atoms with van der Waals surface area (Å²) in [7, 11) is 0. The van der Waals surface area contributed by atoms with E-state index in [1.807, 2.05) is 0 Å². The van der Waals surface area contributed by atoms with Gasteiger partial charge >= 0.3 is 51.4 Å². The normalized spacial score (nSPS) is 9.88. The summed E-state index contributed by atoms with van der Waals surface area (Å²) in [6.07, 6.45) is 0.417. The fraction of sp³-hybridized carbons (Fsp3) is 0.333. The molecule has 0 radical (unpaired) electrons. The molecule has 8 heavy (non-hydrogen) atoms. The van der Waals surface area contributed by atoms with E-state index in [1.54, 1.807) is 0 Å². The first-order valence-electron chi connectivity index (χ1n) is 1.62. The van der Waals surface area contributed by atoms with Crippen LogP contribution in [0.4, 0.5) is 0 Å².